The lowest BCUT2D eigenvalue weighted by molar-refractivity contribution is -0.108. The Labute approximate surface area is 98.1 Å². The highest BCUT2D eigenvalue weighted by Crippen LogP contribution is 2.51. The maximum atomic E-state index is 10.1. The largest absolute Gasteiger partial charge is 0.381 e. The van der Waals surface area contributed by atoms with Gasteiger partial charge in [-0.3, -0.25) is 0 Å². The molecule has 0 aromatic rings. The molecule has 0 amide bonds. The summed E-state index contributed by atoms with van der Waals surface area (Å²) in [6, 6.07) is 0. The van der Waals surface area contributed by atoms with Gasteiger partial charge in [0.1, 0.15) is 6.29 Å². The molecule has 0 saturated heterocycles. The first kappa shape index (κ1) is 11.8. The molecule has 2 nitrogen and oxygen atoms in total. The molecule has 2 heteroatoms. The Balaban J connectivity index is 1.65. The van der Waals surface area contributed by atoms with E-state index in [4.69, 9.17) is 4.74 Å². The first-order valence-electron chi connectivity index (χ1n) is 6.51. The minimum absolute atomic E-state index is 0.638. The number of carbonyl (C=O) groups is 1. The van der Waals surface area contributed by atoms with Gasteiger partial charge in [-0.2, -0.15) is 0 Å². The molecule has 0 N–H and O–H groups in total. The van der Waals surface area contributed by atoms with Crippen molar-refractivity contribution in [3.05, 3.63) is 11.6 Å². The van der Waals surface area contributed by atoms with Gasteiger partial charge in [-0.15, -0.1) is 0 Å². The highest BCUT2D eigenvalue weighted by molar-refractivity contribution is 5.48. The van der Waals surface area contributed by atoms with E-state index in [1.54, 1.807) is 5.57 Å². The topological polar surface area (TPSA) is 26.3 Å². The molecular weight excluding hydrogens is 200 g/mol. The summed E-state index contributed by atoms with van der Waals surface area (Å²) in [4.78, 5) is 10.1. The van der Waals surface area contributed by atoms with Crippen LogP contribution in [0.3, 0.4) is 0 Å². The van der Waals surface area contributed by atoms with Gasteiger partial charge < -0.3 is 9.53 Å². The molecule has 2 bridgehead atoms. The van der Waals surface area contributed by atoms with Crippen molar-refractivity contribution in [2.24, 2.45) is 17.8 Å². The van der Waals surface area contributed by atoms with Gasteiger partial charge in [0.05, 0.1) is 0 Å². The Bertz CT molecular complexity index is 270. The third kappa shape index (κ3) is 2.54. The molecule has 0 aromatic heterocycles. The van der Waals surface area contributed by atoms with Gasteiger partial charge in [0.25, 0.3) is 0 Å². The van der Waals surface area contributed by atoms with E-state index in [1.165, 1.54) is 19.3 Å². The van der Waals surface area contributed by atoms with Gasteiger partial charge in [0.2, 0.25) is 0 Å². The van der Waals surface area contributed by atoms with Crippen molar-refractivity contribution in [2.75, 3.05) is 13.2 Å². The van der Waals surface area contributed by atoms with Gasteiger partial charge in [-0.05, 0) is 50.4 Å². The quantitative estimate of drug-likeness (QED) is 0.392. The highest BCUT2D eigenvalue weighted by atomic mass is 16.5. The van der Waals surface area contributed by atoms with E-state index in [1.807, 2.05) is 0 Å². The molecule has 2 aliphatic carbocycles. The van der Waals surface area contributed by atoms with Gasteiger partial charge >= 0.3 is 0 Å². The molecule has 0 radical (unpaired) electrons. The molecule has 2 rings (SSSR count). The Morgan fingerprint density at radius 3 is 2.94 bits per heavy atom. The fraction of sp³-hybridized carbons (Fsp3) is 0.786. The van der Waals surface area contributed by atoms with Crippen LogP contribution in [-0.4, -0.2) is 19.5 Å². The predicted octanol–water partition coefficient (Wildman–Crippen LogP) is 2.97. The first-order valence-corrected chi connectivity index (χ1v) is 6.51. The summed E-state index contributed by atoms with van der Waals surface area (Å²) in [6.45, 7) is 3.83. The third-order valence-electron chi connectivity index (χ3n) is 4.18. The number of hydrogen-bond donors (Lipinski definition) is 0. The van der Waals surface area contributed by atoms with E-state index >= 15 is 0 Å². The molecule has 0 heterocycles. The SMILES string of the molecule is CC=C1C[C@@H]2C[C@H]1CC2COCCCC=O. The molecule has 3 atom stereocenters. The Morgan fingerprint density at radius 2 is 2.31 bits per heavy atom. The summed E-state index contributed by atoms with van der Waals surface area (Å²) in [5.74, 6) is 2.52. The van der Waals surface area contributed by atoms with E-state index in [9.17, 15) is 4.79 Å². The van der Waals surface area contributed by atoms with Crippen molar-refractivity contribution in [2.45, 2.75) is 39.0 Å². The molecule has 90 valence electrons. The molecular formula is C14H22O2. The fourth-order valence-electron chi connectivity index (χ4n) is 3.30. The Hall–Kier alpha value is -0.630. The van der Waals surface area contributed by atoms with Crippen molar-refractivity contribution in [1.82, 2.24) is 0 Å². The van der Waals surface area contributed by atoms with Crippen LogP contribution in [0.5, 0.6) is 0 Å². The predicted molar refractivity (Wildman–Crippen MR) is 64.2 cm³/mol. The maximum absolute atomic E-state index is 10.1. The number of aldehydes is 1. The van der Waals surface area contributed by atoms with Crippen LogP contribution in [0.25, 0.3) is 0 Å². The number of allylic oxidation sites excluding steroid dienone is 2. The third-order valence-corrected chi connectivity index (χ3v) is 4.18. The van der Waals surface area contributed by atoms with E-state index in [-0.39, 0.29) is 0 Å². The first-order chi connectivity index (χ1) is 7.85. The molecule has 0 spiro atoms. The zero-order valence-electron chi connectivity index (χ0n) is 10.2. The lowest BCUT2D eigenvalue weighted by Gasteiger charge is -2.23. The molecule has 2 fully saturated rings. The number of fused-ring (bicyclic) bond motifs is 2. The summed E-state index contributed by atoms with van der Waals surface area (Å²) in [7, 11) is 0. The van der Waals surface area contributed by atoms with Crippen LogP contribution < -0.4 is 0 Å². The van der Waals surface area contributed by atoms with Crippen molar-refractivity contribution in [1.29, 1.82) is 0 Å². The minimum atomic E-state index is 0.638. The molecule has 2 aliphatic rings. The highest BCUT2D eigenvalue weighted by Gasteiger charge is 2.41. The second-order valence-electron chi connectivity index (χ2n) is 5.14. The van der Waals surface area contributed by atoms with Gasteiger partial charge in [0, 0.05) is 19.6 Å². The molecule has 2 saturated carbocycles. The number of rotatable bonds is 6. The van der Waals surface area contributed by atoms with Crippen LogP contribution in [0.1, 0.15) is 39.0 Å². The minimum Gasteiger partial charge on any atom is -0.381 e. The van der Waals surface area contributed by atoms with Crippen LogP contribution in [0.4, 0.5) is 0 Å². The summed E-state index contributed by atoms with van der Waals surface area (Å²) >= 11 is 0. The van der Waals surface area contributed by atoms with Crippen molar-refractivity contribution in [3.63, 3.8) is 0 Å². The smallest absolute Gasteiger partial charge is 0.120 e. The average molecular weight is 222 g/mol. The zero-order valence-corrected chi connectivity index (χ0v) is 10.2. The van der Waals surface area contributed by atoms with Crippen LogP contribution in [0.15, 0.2) is 11.6 Å². The number of carbonyl (C=O) groups excluding carboxylic acids is 1. The zero-order chi connectivity index (χ0) is 11.4. The van der Waals surface area contributed by atoms with Gasteiger partial charge in [-0.25, -0.2) is 0 Å². The lowest BCUT2D eigenvalue weighted by Crippen LogP contribution is -2.18. The molecule has 0 aliphatic heterocycles. The summed E-state index contributed by atoms with van der Waals surface area (Å²) in [5.41, 5.74) is 1.68. The van der Waals surface area contributed by atoms with E-state index < -0.39 is 0 Å². The van der Waals surface area contributed by atoms with E-state index in [0.717, 1.165) is 43.7 Å². The number of hydrogen-bond acceptors (Lipinski definition) is 2. The molecule has 1 unspecified atom stereocenters. The van der Waals surface area contributed by atoms with Crippen molar-refractivity contribution in [3.8, 4) is 0 Å². The van der Waals surface area contributed by atoms with Crippen LogP contribution in [0, 0.1) is 17.8 Å². The molecule has 0 aromatic carbocycles. The maximum Gasteiger partial charge on any atom is 0.120 e. The van der Waals surface area contributed by atoms with Gasteiger partial charge in [0.15, 0.2) is 0 Å². The van der Waals surface area contributed by atoms with Crippen molar-refractivity contribution < 1.29 is 9.53 Å². The normalized spacial score (nSPS) is 34.8. The lowest BCUT2D eigenvalue weighted by atomic mass is 9.86. The number of unbranched alkanes of at least 4 members (excludes halogenated alkanes) is 1. The summed E-state index contributed by atoms with van der Waals surface area (Å²) in [5, 5.41) is 0. The van der Waals surface area contributed by atoms with E-state index in [0.29, 0.717) is 6.42 Å². The monoisotopic (exact) mass is 222 g/mol. The second-order valence-corrected chi connectivity index (χ2v) is 5.14. The summed E-state index contributed by atoms with van der Waals surface area (Å²) < 4.78 is 5.66. The fourth-order valence-corrected chi connectivity index (χ4v) is 3.30. The average Bonchev–Trinajstić information content (AvgIpc) is 2.87. The van der Waals surface area contributed by atoms with Crippen LogP contribution >= 0.6 is 0 Å². The van der Waals surface area contributed by atoms with Gasteiger partial charge in [-0.1, -0.05) is 11.6 Å². The second kappa shape index (κ2) is 5.62. The Morgan fingerprint density at radius 1 is 1.44 bits per heavy atom. The summed E-state index contributed by atoms with van der Waals surface area (Å²) in [6.07, 6.45) is 8.83. The van der Waals surface area contributed by atoms with Crippen LogP contribution in [-0.2, 0) is 9.53 Å². The van der Waals surface area contributed by atoms with Crippen molar-refractivity contribution >= 4 is 6.29 Å². The Kier molecular flexibility index (Phi) is 4.16. The standard InChI is InChI=1S/C14H22O2/c1-2-11-7-13-8-12(11)9-14(13)10-16-6-4-3-5-15/h2,5,12-14H,3-4,6-10H2,1H3/t12-,13+,14?/m0/s1. The van der Waals surface area contributed by atoms with Crippen LogP contribution in [0.2, 0.25) is 0 Å². The van der Waals surface area contributed by atoms with E-state index in [2.05, 4.69) is 13.0 Å². The number of ether oxygens (including phenoxy) is 1. The molecule has 16 heavy (non-hydrogen) atoms.